The summed E-state index contributed by atoms with van der Waals surface area (Å²) in [6, 6.07) is 10.1. The van der Waals surface area contributed by atoms with Gasteiger partial charge < -0.3 is 5.32 Å². The van der Waals surface area contributed by atoms with Gasteiger partial charge in [0.2, 0.25) is 0 Å². The highest BCUT2D eigenvalue weighted by Crippen LogP contribution is 2.41. The Morgan fingerprint density at radius 1 is 1.26 bits per heavy atom. The molecule has 1 aliphatic rings. The van der Waals surface area contributed by atoms with Gasteiger partial charge in [-0.2, -0.15) is 4.98 Å². The molecule has 0 atom stereocenters. The first-order valence-corrected chi connectivity index (χ1v) is 7.85. The molecule has 0 aliphatic heterocycles. The van der Waals surface area contributed by atoms with Crippen LogP contribution in [-0.4, -0.2) is 21.6 Å². The van der Waals surface area contributed by atoms with Crippen LogP contribution in [0.25, 0.3) is 16.6 Å². The number of hydrogen-bond acceptors (Lipinski definition) is 4. The fourth-order valence-corrected chi connectivity index (χ4v) is 3.05. The quantitative estimate of drug-likeness (QED) is 0.808. The lowest BCUT2D eigenvalue weighted by atomic mass is 10.1. The maximum absolute atomic E-state index is 12.6. The number of aryl methyl sites for hydroxylation is 1. The van der Waals surface area contributed by atoms with Gasteiger partial charge in [-0.1, -0.05) is 6.07 Å². The van der Waals surface area contributed by atoms with E-state index in [9.17, 15) is 4.79 Å². The number of aromatic nitrogens is 3. The maximum atomic E-state index is 12.6. The first-order chi connectivity index (χ1) is 11.2. The van der Waals surface area contributed by atoms with Crippen molar-refractivity contribution in [3.05, 3.63) is 58.3 Å². The van der Waals surface area contributed by atoms with Crippen LogP contribution in [-0.2, 0) is 0 Å². The monoisotopic (exact) mass is 306 g/mol. The molecule has 1 aliphatic carbocycles. The number of anilines is 1. The topological polar surface area (TPSA) is 59.8 Å². The summed E-state index contributed by atoms with van der Waals surface area (Å²) in [6.45, 7) is 1.91. The van der Waals surface area contributed by atoms with Crippen LogP contribution in [0.3, 0.4) is 0 Å². The van der Waals surface area contributed by atoms with Crippen molar-refractivity contribution >= 4 is 16.7 Å². The third kappa shape index (κ3) is 2.29. The number of hydrogen-bond donors (Lipinski definition) is 1. The Morgan fingerprint density at radius 3 is 2.78 bits per heavy atom. The number of benzene rings is 1. The lowest BCUT2D eigenvalue weighted by Crippen LogP contribution is -2.24. The summed E-state index contributed by atoms with van der Waals surface area (Å²) in [5, 5.41) is 3.97. The highest BCUT2D eigenvalue weighted by atomic mass is 16.1. The smallest absolute Gasteiger partial charge is 0.354 e. The lowest BCUT2D eigenvalue weighted by molar-refractivity contribution is 0.935. The predicted molar refractivity (Wildman–Crippen MR) is 91.4 cm³/mol. The van der Waals surface area contributed by atoms with Gasteiger partial charge in [-0.15, -0.1) is 0 Å². The van der Waals surface area contributed by atoms with Crippen molar-refractivity contribution in [2.24, 2.45) is 0 Å². The van der Waals surface area contributed by atoms with Crippen molar-refractivity contribution in [3.63, 3.8) is 0 Å². The third-order valence-corrected chi connectivity index (χ3v) is 4.42. The molecule has 1 saturated carbocycles. The minimum atomic E-state index is -0.286. The molecule has 1 aromatic carbocycles. The first-order valence-electron chi connectivity index (χ1n) is 7.85. The van der Waals surface area contributed by atoms with Crippen LogP contribution in [0.4, 0.5) is 5.82 Å². The molecule has 23 heavy (non-hydrogen) atoms. The molecule has 5 heteroatoms. The Hall–Kier alpha value is -2.69. The van der Waals surface area contributed by atoms with Gasteiger partial charge >= 0.3 is 5.69 Å². The van der Waals surface area contributed by atoms with E-state index in [-0.39, 0.29) is 5.69 Å². The Balaban J connectivity index is 2.09. The van der Waals surface area contributed by atoms with E-state index in [1.807, 2.05) is 19.1 Å². The molecular weight excluding hydrogens is 288 g/mol. The minimum Gasteiger partial charge on any atom is -0.372 e. The molecule has 2 heterocycles. The predicted octanol–water partition coefficient (Wildman–Crippen LogP) is 3.01. The van der Waals surface area contributed by atoms with Gasteiger partial charge in [-0.05, 0) is 55.5 Å². The maximum Gasteiger partial charge on any atom is 0.354 e. The molecule has 0 unspecified atom stereocenters. The fraction of sp³-hybridized carbons (Fsp3) is 0.278. The van der Waals surface area contributed by atoms with E-state index in [4.69, 9.17) is 0 Å². The zero-order chi connectivity index (χ0) is 16.0. The Labute approximate surface area is 134 Å². The van der Waals surface area contributed by atoms with Crippen molar-refractivity contribution < 1.29 is 0 Å². The molecule has 1 fully saturated rings. The second-order valence-electron chi connectivity index (χ2n) is 5.99. The van der Waals surface area contributed by atoms with Crippen LogP contribution in [0.15, 0.2) is 41.3 Å². The second-order valence-corrected chi connectivity index (χ2v) is 5.99. The summed E-state index contributed by atoms with van der Waals surface area (Å²) in [7, 11) is 1.79. The number of nitrogens with zero attached hydrogens (tertiary/aromatic N) is 3. The molecule has 5 nitrogen and oxygen atoms in total. The van der Waals surface area contributed by atoms with Crippen LogP contribution in [0, 0.1) is 6.92 Å². The van der Waals surface area contributed by atoms with E-state index < -0.39 is 0 Å². The van der Waals surface area contributed by atoms with Crippen LogP contribution in [0.5, 0.6) is 0 Å². The van der Waals surface area contributed by atoms with Gasteiger partial charge in [0, 0.05) is 18.6 Å². The van der Waals surface area contributed by atoms with Crippen LogP contribution in [0.1, 0.15) is 30.0 Å². The van der Waals surface area contributed by atoms with Crippen LogP contribution in [0.2, 0.25) is 0 Å². The first kappa shape index (κ1) is 13.9. The van der Waals surface area contributed by atoms with Crippen molar-refractivity contribution in [1.29, 1.82) is 0 Å². The van der Waals surface area contributed by atoms with Crippen molar-refractivity contribution in [3.8, 4) is 5.69 Å². The summed E-state index contributed by atoms with van der Waals surface area (Å²) >= 11 is 0. The van der Waals surface area contributed by atoms with E-state index in [0.717, 1.165) is 22.3 Å². The van der Waals surface area contributed by atoms with E-state index >= 15 is 0 Å². The van der Waals surface area contributed by atoms with E-state index in [0.29, 0.717) is 11.7 Å². The molecular formula is C18H18N4O. The Bertz CT molecular complexity index is 957. The highest BCUT2D eigenvalue weighted by molar-refractivity contribution is 5.90. The Kier molecular flexibility index (Phi) is 3.15. The molecule has 0 amide bonds. The third-order valence-electron chi connectivity index (χ3n) is 4.42. The second kappa shape index (κ2) is 5.19. The van der Waals surface area contributed by atoms with E-state index in [2.05, 4.69) is 33.5 Å². The molecule has 2 aromatic heterocycles. The van der Waals surface area contributed by atoms with Crippen molar-refractivity contribution in [2.45, 2.75) is 25.7 Å². The molecule has 116 valence electrons. The van der Waals surface area contributed by atoms with E-state index in [1.54, 1.807) is 17.8 Å². The number of nitrogens with one attached hydrogen (secondary N) is 1. The average Bonchev–Trinajstić information content (AvgIpc) is 3.40. The molecule has 0 spiro atoms. The summed E-state index contributed by atoms with van der Waals surface area (Å²) in [5.74, 6) is 1.24. The lowest BCUT2D eigenvalue weighted by Gasteiger charge is -2.14. The summed E-state index contributed by atoms with van der Waals surface area (Å²) in [6.07, 6.45) is 4.19. The molecule has 3 aromatic rings. The van der Waals surface area contributed by atoms with Gasteiger partial charge in [0.05, 0.1) is 16.9 Å². The van der Waals surface area contributed by atoms with E-state index in [1.165, 1.54) is 18.4 Å². The van der Waals surface area contributed by atoms with Crippen molar-refractivity contribution in [2.75, 3.05) is 12.4 Å². The van der Waals surface area contributed by atoms with Crippen LogP contribution < -0.4 is 11.0 Å². The van der Waals surface area contributed by atoms with Crippen LogP contribution >= 0.6 is 0 Å². The molecule has 0 bridgehead atoms. The van der Waals surface area contributed by atoms with Gasteiger partial charge in [-0.3, -0.25) is 9.55 Å². The number of pyridine rings is 1. The number of rotatable bonds is 3. The fourth-order valence-electron chi connectivity index (χ4n) is 3.05. The van der Waals surface area contributed by atoms with Gasteiger partial charge in [0.15, 0.2) is 0 Å². The molecule has 1 N–H and O–H groups in total. The molecule has 4 rings (SSSR count). The van der Waals surface area contributed by atoms with Crippen molar-refractivity contribution in [1.82, 2.24) is 14.5 Å². The zero-order valence-corrected chi connectivity index (χ0v) is 13.2. The average molecular weight is 306 g/mol. The largest absolute Gasteiger partial charge is 0.372 e. The summed E-state index contributed by atoms with van der Waals surface area (Å²) in [4.78, 5) is 21.2. The minimum absolute atomic E-state index is 0.286. The highest BCUT2D eigenvalue weighted by Gasteiger charge is 2.24. The van der Waals surface area contributed by atoms with Gasteiger partial charge in [-0.25, -0.2) is 4.79 Å². The standard InChI is InChI=1S/C18H18N4O/c1-11-15(4-3-9-20-11)22-16-10-13(12-5-6-12)7-8-14(16)17(19-2)21-18(22)23/h3-4,7-10,12H,5-6H2,1-2H3,(H,19,21,23). The molecule has 0 saturated heterocycles. The Morgan fingerprint density at radius 2 is 2.09 bits per heavy atom. The van der Waals surface area contributed by atoms with Gasteiger partial charge in [0.1, 0.15) is 5.82 Å². The normalized spacial score (nSPS) is 14.2. The SMILES string of the molecule is CNc1nc(=O)n(-c2cccnc2C)c2cc(C3CC3)ccc12. The van der Waals surface area contributed by atoms with Gasteiger partial charge in [0.25, 0.3) is 0 Å². The number of fused-ring (bicyclic) bond motifs is 1. The summed E-state index contributed by atoms with van der Waals surface area (Å²) < 4.78 is 1.67. The summed E-state index contributed by atoms with van der Waals surface area (Å²) in [5.41, 5.74) is 3.48. The zero-order valence-electron chi connectivity index (χ0n) is 13.2. The molecule has 0 radical (unpaired) electrons.